The third kappa shape index (κ3) is 3.16. The van der Waals surface area contributed by atoms with E-state index in [1.165, 1.54) is 32.4 Å². The first-order chi connectivity index (χ1) is 13.3. The summed E-state index contributed by atoms with van der Waals surface area (Å²) in [5, 5.41) is 14.5. The molecule has 0 fully saturated rings. The van der Waals surface area contributed by atoms with Crippen molar-refractivity contribution in [2.45, 2.75) is 18.9 Å². The number of non-ortho nitro benzene ring substituents is 1. The molecule has 0 spiro atoms. The maximum Gasteiger partial charge on any atom is 0.270 e. The zero-order valence-corrected chi connectivity index (χ0v) is 16.2. The molecule has 1 unspecified atom stereocenters. The number of carbonyl (C=O) groups excluding carboxylic acids is 1. The molecule has 0 aromatic heterocycles. The molecule has 0 saturated heterocycles. The lowest BCUT2D eigenvalue weighted by Crippen LogP contribution is -2.51. The Hall–Kier alpha value is -3.13. The highest BCUT2D eigenvalue weighted by atomic mass is 16.6. The van der Waals surface area contributed by atoms with Crippen LogP contribution in [-0.2, 0) is 12.0 Å². The Bertz CT molecular complexity index is 943. The lowest BCUT2D eigenvalue weighted by Gasteiger charge is -2.36. The maximum absolute atomic E-state index is 13.6. The first-order valence-electron chi connectivity index (χ1n) is 8.73. The van der Waals surface area contributed by atoms with Crippen LogP contribution >= 0.6 is 0 Å². The molecular formula is C20H22N2O6. The Balaban J connectivity index is 2.16. The lowest BCUT2D eigenvalue weighted by atomic mass is 9.78. The molecule has 8 heteroatoms. The topological polar surface area (TPSA) is 99.9 Å². The minimum atomic E-state index is -1.10. The number of hydrogen-bond acceptors (Lipinski definition) is 7. The molecule has 0 saturated carbocycles. The van der Waals surface area contributed by atoms with E-state index in [1.807, 2.05) is 6.07 Å². The molecule has 1 aliphatic rings. The first kappa shape index (κ1) is 19.6. The van der Waals surface area contributed by atoms with Crippen LogP contribution < -0.4 is 19.5 Å². The minimum absolute atomic E-state index is 0.148. The third-order valence-electron chi connectivity index (χ3n) is 5.11. The van der Waals surface area contributed by atoms with E-state index in [4.69, 9.17) is 14.2 Å². The average molecular weight is 386 g/mol. The second-order valence-corrected chi connectivity index (χ2v) is 6.64. The Kier molecular flexibility index (Phi) is 5.24. The molecule has 2 aromatic carbocycles. The van der Waals surface area contributed by atoms with Gasteiger partial charge in [0.1, 0.15) is 11.3 Å². The Morgan fingerprint density at radius 2 is 1.71 bits per heavy atom. The number of methoxy groups -OCH3 is 3. The van der Waals surface area contributed by atoms with E-state index in [1.54, 1.807) is 20.1 Å². The smallest absolute Gasteiger partial charge is 0.270 e. The molecule has 0 aliphatic carbocycles. The van der Waals surface area contributed by atoms with Crippen molar-refractivity contribution in [3.63, 3.8) is 0 Å². The summed E-state index contributed by atoms with van der Waals surface area (Å²) < 4.78 is 16.1. The number of carbonyl (C=O) groups is 1. The monoisotopic (exact) mass is 386 g/mol. The molecule has 1 atom stereocenters. The highest BCUT2D eigenvalue weighted by molar-refractivity contribution is 6.06. The number of ketones is 1. The fourth-order valence-electron chi connectivity index (χ4n) is 3.59. The molecule has 1 aliphatic heterocycles. The molecule has 0 bridgehead atoms. The van der Waals surface area contributed by atoms with E-state index in [0.717, 1.165) is 11.1 Å². The molecule has 0 radical (unpaired) electrons. The number of fused-ring (bicyclic) bond motifs is 1. The molecule has 0 amide bonds. The average Bonchev–Trinajstić information content (AvgIpc) is 2.71. The van der Waals surface area contributed by atoms with E-state index in [-0.39, 0.29) is 22.8 Å². The highest BCUT2D eigenvalue weighted by Gasteiger charge is 2.41. The van der Waals surface area contributed by atoms with Crippen LogP contribution in [0.1, 0.15) is 28.4 Å². The normalized spacial score (nSPS) is 18.1. The number of hydrogen-bond donors (Lipinski definition) is 1. The highest BCUT2D eigenvalue weighted by Crippen LogP contribution is 2.40. The van der Waals surface area contributed by atoms with Crippen LogP contribution in [0.25, 0.3) is 0 Å². The number of ether oxygens (including phenoxy) is 3. The summed E-state index contributed by atoms with van der Waals surface area (Å²) in [6.07, 6.45) is 0.713. The fraction of sp³-hybridized carbons (Fsp3) is 0.350. The van der Waals surface area contributed by atoms with Crippen LogP contribution in [0.15, 0.2) is 30.3 Å². The van der Waals surface area contributed by atoms with Gasteiger partial charge in [-0.1, -0.05) is 0 Å². The Labute approximate surface area is 162 Å². The summed E-state index contributed by atoms with van der Waals surface area (Å²) in [4.78, 5) is 24.2. The van der Waals surface area contributed by atoms with Gasteiger partial charge in [0.15, 0.2) is 17.3 Å². The van der Waals surface area contributed by atoms with Crippen LogP contribution in [0, 0.1) is 10.1 Å². The van der Waals surface area contributed by atoms with Gasteiger partial charge in [0, 0.05) is 18.7 Å². The molecule has 148 valence electrons. The van der Waals surface area contributed by atoms with Crippen LogP contribution in [0.2, 0.25) is 0 Å². The second kappa shape index (κ2) is 7.47. The van der Waals surface area contributed by atoms with Crippen molar-refractivity contribution < 1.29 is 23.9 Å². The fourth-order valence-corrected chi connectivity index (χ4v) is 3.59. The van der Waals surface area contributed by atoms with Crippen molar-refractivity contribution in [2.24, 2.45) is 0 Å². The summed E-state index contributed by atoms with van der Waals surface area (Å²) in [6, 6.07) is 7.65. The summed E-state index contributed by atoms with van der Waals surface area (Å²) in [5.74, 6) is 1.06. The van der Waals surface area contributed by atoms with Gasteiger partial charge < -0.3 is 19.5 Å². The SMILES string of the molecule is COc1cc2c(cc1OC)C(C)(C(=O)c1cc([N+](=O)[O-])ccc1OC)NCC2. The molecule has 28 heavy (non-hydrogen) atoms. The van der Waals surface area contributed by atoms with Crippen LogP contribution in [0.3, 0.4) is 0 Å². The molecule has 8 nitrogen and oxygen atoms in total. The van der Waals surface area contributed by atoms with Gasteiger partial charge in [-0.25, -0.2) is 0 Å². The summed E-state index contributed by atoms with van der Waals surface area (Å²) in [7, 11) is 4.52. The number of benzene rings is 2. The maximum atomic E-state index is 13.6. The predicted octanol–water partition coefficient (Wildman–Crippen LogP) is 2.86. The van der Waals surface area contributed by atoms with Gasteiger partial charge in [-0.3, -0.25) is 14.9 Å². The van der Waals surface area contributed by atoms with Crippen molar-refractivity contribution in [1.29, 1.82) is 0 Å². The number of nitro groups is 1. The number of nitrogens with one attached hydrogen (secondary N) is 1. The molecule has 1 heterocycles. The van der Waals surface area contributed by atoms with Gasteiger partial charge in [-0.05, 0) is 42.7 Å². The number of nitrogens with zero attached hydrogens (tertiary/aromatic N) is 1. The van der Waals surface area contributed by atoms with Gasteiger partial charge in [0.05, 0.1) is 31.8 Å². The van der Waals surface area contributed by atoms with Gasteiger partial charge in [-0.2, -0.15) is 0 Å². The van der Waals surface area contributed by atoms with Gasteiger partial charge >= 0.3 is 0 Å². The van der Waals surface area contributed by atoms with E-state index < -0.39 is 10.5 Å². The molecule has 1 N–H and O–H groups in total. The van der Waals surface area contributed by atoms with Crippen LogP contribution in [0.5, 0.6) is 17.2 Å². The van der Waals surface area contributed by atoms with Gasteiger partial charge in [0.2, 0.25) is 0 Å². The summed E-state index contributed by atoms with van der Waals surface area (Å²) in [5.41, 5.74) is 0.576. The third-order valence-corrected chi connectivity index (χ3v) is 5.11. The van der Waals surface area contributed by atoms with E-state index in [2.05, 4.69) is 5.32 Å². The Morgan fingerprint density at radius 3 is 2.32 bits per heavy atom. The van der Waals surface area contributed by atoms with E-state index in [0.29, 0.717) is 24.5 Å². The second-order valence-electron chi connectivity index (χ2n) is 6.64. The summed E-state index contributed by atoms with van der Waals surface area (Å²) in [6.45, 7) is 2.33. The standard InChI is InChI=1S/C20H22N2O6/c1-20(19(23)14-10-13(22(24)25)5-6-16(14)26-2)15-11-18(28-4)17(27-3)9-12(15)7-8-21-20/h5-6,9-11,21H,7-8H2,1-4H3. The van der Waals surface area contributed by atoms with Crippen molar-refractivity contribution in [3.8, 4) is 17.2 Å². The summed E-state index contributed by atoms with van der Waals surface area (Å²) >= 11 is 0. The molecular weight excluding hydrogens is 364 g/mol. The molecule has 3 rings (SSSR count). The predicted molar refractivity (Wildman–Crippen MR) is 103 cm³/mol. The van der Waals surface area contributed by atoms with Gasteiger partial charge in [-0.15, -0.1) is 0 Å². The zero-order chi connectivity index (χ0) is 20.5. The number of Topliss-reactive ketones (excluding diaryl/α,β-unsaturated/α-hetero) is 1. The lowest BCUT2D eigenvalue weighted by molar-refractivity contribution is -0.384. The first-order valence-corrected chi connectivity index (χ1v) is 8.73. The van der Waals surface area contributed by atoms with Crippen molar-refractivity contribution in [2.75, 3.05) is 27.9 Å². The largest absolute Gasteiger partial charge is 0.496 e. The Morgan fingerprint density at radius 1 is 1.07 bits per heavy atom. The van der Waals surface area contributed by atoms with Crippen molar-refractivity contribution >= 4 is 11.5 Å². The number of rotatable bonds is 6. The molecule has 2 aromatic rings. The van der Waals surface area contributed by atoms with Crippen molar-refractivity contribution in [1.82, 2.24) is 5.32 Å². The quantitative estimate of drug-likeness (QED) is 0.463. The zero-order valence-electron chi connectivity index (χ0n) is 16.2. The van der Waals surface area contributed by atoms with Gasteiger partial charge in [0.25, 0.3) is 5.69 Å². The van der Waals surface area contributed by atoms with Crippen LogP contribution in [-0.4, -0.2) is 38.6 Å². The van der Waals surface area contributed by atoms with Crippen molar-refractivity contribution in [3.05, 3.63) is 57.1 Å². The van der Waals surface area contributed by atoms with E-state index >= 15 is 0 Å². The number of nitro benzene ring substituents is 1. The minimum Gasteiger partial charge on any atom is -0.496 e. The van der Waals surface area contributed by atoms with Crippen LogP contribution in [0.4, 0.5) is 5.69 Å². The van der Waals surface area contributed by atoms with E-state index in [9.17, 15) is 14.9 Å².